The van der Waals surface area contributed by atoms with Crippen LogP contribution in [0.4, 0.5) is 5.69 Å². The van der Waals surface area contributed by atoms with Gasteiger partial charge in [-0.1, -0.05) is 30.3 Å². The van der Waals surface area contributed by atoms with Crippen molar-refractivity contribution in [2.24, 2.45) is 0 Å². The van der Waals surface area contributed by atoms with E-state index in [1.807, 2.05) is 54.6 Å². The van der Waals surface area contributed by atoms with Gasteiger partial charge < -0.3 is 24.7 Å². The largest absolute Gasteiger partial charge is 0.497 e. The molecule has 0 saturated carbocycles. The lowest BCUT2D eigenvalue weighted by atomic mass is 10.1. The van der Waals surface area contributed by atoms with Gasteiger partial charge in [-0.3, -0.25) is 14.5 Å². The molecule has 1 fully saturated rings. The third-order valence-corrected chi connectivity index (χ3v) is 6.27. The molecule has 8 heteroatoms. The maximum Gasteiger partial charge on any atom is 0.309 e. The predicted octanol–water partition coefficient (Wildman–Crippen LogP) is 2.63. The summed E-state index contributed by atoms with van der Waals surface area (Å²) in [6.45, 7) is 3.99. The quantitative estimate of drug-likeness (QED) is 0.462. The fourth-order valence-electron chi connectivity index (χ4n) is 4.29. The summed E-state index contributed by atoms with van der Waals surface area (Å²) in [5.41, 5.74) is 2.26. The van der Waals surface area contributed by atoms with Crippen LogP contribution in [0.5, 0.6) is 5.75 Å². The lowest BCUT2D eigenvalue weighted by Crippen LogP contribution is -2.50. The summed E-state index contributed by atoms with van der Waals surface area (Å²) in [7, 11) is 1.66. The zero-order valence-electron chi connectivity index (χ0n) is 20.0. The minimum atomic E-state index is -0.633. The van der Waals surface area contributed by atoms with E-state index in [1.165, 1.54) is 0 Å². The lowest BCUT2D eigenvalue weighted by Gasteiger charge is -2.39. The Morgan fingerprint density at radius 2 is 1.63 bits per heavy atom. The van der Waals surface area contributed by atoms with E-state index in [-0.39, 0.29) is 6.04 Å². The van der Waals surface area contributed by atoms with Gasteiger partial charge in [-0.05, 0) is 48.4 Å². The number of carbonyl (C=O) groups excluding carboxylic acids is 2. The van der Waals surface area contributed by atoms with Crippen LogP contribution in [0, 0.1) is 0 Å². The molecule has 1 atom stereocenters. The number of furan rings is 1. The van der Waals surface area contributed by atoms with E-state index in [2.05, 4.69) is 32.6 Å². The average Bonchev–Trinajstić information content (AvgIpc) is 3.44. The molecule has 0 unspecified atom stereocenters. The standard InChI is InChI=1S/C27H32N4O4/c1-34-23-11-9-22(10-12-23)30-15-17-31(18-16-30)24(25-8-5-19-35-25)20-29-27(33)26(32)28-14-13-21-6-3-2-4-7-21/h2-12,19,24H,13-18,20H2,1H3,(H,28,32)(H,29,33)/t24-/m1/s1. The highest BCUT2D eigenvalue weighted by Gasteiger charge is 2.28. The Morgan fingerprint density at radius 1 is 0.914 bits per heavy atom. The molecular formula is C27H32N4O4. The molecule has 0 spiro atoms. The minimum absolute atomic E-state index is 0.149. The Labute approximate surface area is 205 Å². The number of amides is 2. The second-order valence-electron chi connectivity index (χ2n) is 8.45. The topological polar surface area (TPSA) is 87.0 Å². The lowest BCUT2D eigenvalue weighted by molar-refractivity contribution is -0.139. The Kier molecular flexibility index (Phi) is 8.40. The number of benzene rings is 2. The van der Waals surface area contributed by atoms with Crippen molar-refractivity contribution in [1.82, 2.24) is 15.5 Å². The maximum atomic E-state index is 12.4. The second-order valence-corrected chi connectivity index (χ2v) is 8.45. The van der Waals surface area contributed by atoms with Crippen molar-refractivity contribution >= 4 is 17.5 Å². The number of carbonyl (C=O) groups is 2. The fourth-order valence-corrected chi connectivity index (χ4v) is 4.29. The van der Waals surface area contributed by atoms with Crippen LogP contribution in [-0.2, 0) is 16.0 Å². The number of anilines is 1. The molecule has 0 aliphatic carbocycles. The van der Waals surface area contributed by atoms with Crippen molar-refractivity contribution < 1.29 is 18.7 Å². The number of hydrogen-bond donors (Lipinski definition) is 2. The van der Waals surface area contributed by atoms with Crippen molar-refractivity contribution in [3.8, 4) is 5.75 Å². The third-order valence-electron chi connectivity index (χ3n) is 6.27. The molecule has 1 aromatic heterocycles. The van der Waals surface area contributed by atoms with Crippen molar-refractivity contribution in [2.75, 3.05) is 51.3 Å². The van der Waals surface area contributed by atoms with Crippen molar-refractivity contribution in [2.45, 2.75) is 12.5 Å². The molecule has 8 nitrogen and oxygen atoms in total. The Morgan fingerprint density at radius 3 is 2.29 bits per heavy atom. The Hall–Kier alpha value is -3.78. The first-order valence-electron chi connectivity index (χ1n) is 11.9. The second kappa shape index (κ2) is 12.1. The van der Waals surface area contributed by atoms with Crippen LogP contribution in [0.2, 0.25) is 0 Å². The highest BCUT2D eigenvalue weighted by molar-refractivity contribution is 6.35. The zero-order valence-corrected chi connectivity index (χ0v) is 20.0. The van der Waals surface area contributed by atoms with E-state index in [0.717, 1.165) is 48.9 Å². The number of nitrogens with one attached hydrogen (secondary N) is 2. The summed E-state index contributed by atoms with van der Waals surface area (Å²) >= 11 is 0. The summed E-state index contributed by atoms with van der Waals surface area (Å²) in [5.74, 6) is 0.354. The van der Waals surface area contributed by atoms with Gasteiger partial charge in [-0.25, -0.2) is 0 Å². The van der Waals surface area contributed by atoms with Gasteiger partial charge in [0.25, 0.3) is 0 Å². The molecule has 4 rings (SSSR count). The van der Waals surface area contributed by atoms with Gasteiger partial charge >= 0.3 is 11.8 Å². The molecule has 1 saturated heterocycles. The molecular weight excluding hydrogens is 444 g/mol. The van der Waals surface area contributed by atoms with Crippen molar-refractivity contribution in [3.63, 3.8) is 0 Å². The molecule has 1 aliphatic rings. The highest BCUT2D eigenvalue weighted by Crippen LogP contribution is 2.25. The summed E-state index contributed by atoms with van der Waals surface area (Å²) in [4.78, 5) is 29.3. The Bertz CT molecular complexity index is 1060. The molecule has 2 N–H and O–H groups in total. The van der Waals surface area contributed by atoms with Gasteiger partial charge in [0.15, 0.2) is 0 Å². The van der Waals surface area contributed by atoms with Crippen molar-refractivity contribution in [3.05, 3.63) is 84.3 Å². The molecule has 35 heavy (non-hydrogen) atoms. The molecule has 184 valence electrons. The van der Waals surface area contributed by atoms with Crippen LogP contribution >= 0.6 is 0 Å². The molecule has 2 amide bonds. The van der Waals surface area contributed by atoms with Gasteiger partial charge in [0.1, 0.15) is 11.5 Å². The first kappa shape index (κ1) is 24.3. The van der Waals surface area contributed by atoms with Gasteiger partial charge in [0.2, 0.25) is 0 Å². The zero-order chi connectivity index (χ0) is 24.5. The van der Waals surface area contributed by atoms with Crippen LogP contribution in [0.15, 0.2) is 77.4 Å². The maximum absolute atomic E-state index is 12.4. The SMILES string of the molecule is COc1ccc(N2CCN([C@H](CNC(=O)C(=O)NCCc3ccccc3)c3ccco3)CC2)cc1. The van der Waals surface area contributed by atoms with Crippen molar-refractivity contribution in [1.29, 1.82) is 0 Å². The van der Waals surface area contributed by atoms with E-state index in [0.29, 0.717) is 19.5 Å². The molecule has 2 aromatic carbocycles. The molecule has 1 aliphatic heterocycles. The summed E-state index contributed by atoms with van der Waals surface area (Å²) in [5, 5.41) is 5.49. The number of ether oxygens (including phenoxy) is 1. The normalized spacial score (nSPS) is 14.8. The van der Waals surface area contributed by atoms with Gasteiger partial charge in [-0.2, -0.15) is 0 Å². The van der Waals surface area contributed by atoms with E-state index in [4.69, 9.17) is 9.15 Å². The van der Waals surface area contributed by atoms with Crippen LogP contribution in [0.1, 0.15) is 17.4 Å². The molecule has 0 bridgehead atoms. The van der Waals surface area contributed by atoms with Gasteiger partial charge in [-0.15, -0.1) is 0 Å². The van der Waals surface area contributed by atoms with E-state index >= 15 is 0 Å². The first-order chi connectivity index (χ1) is 17.1. The molecule has 0 radical (unpaired) electrons. The molecule has 2 heterocycles. The minimum Gasteiger partial charge on any atom is -0.497 e. The average molecular weight is 477 g/mol. The Balaban J connectivity index is 1.28. The van der Waals surface area contributed by atoms with Gasteiger partial charge in [0.05, 0.1) is 19.4 Å². The van der Waals surface area contributed by atoms with E-state index in [9.17, 15) is 9.59 Å². The van der Waals surface area contributed by atoms with Crippen LogP contribution in [0.25, 0.3) is 0 Å². The number of methoxy groups -OCH3 is 1. The van der Waals surface area contributed by atoms with Crippen LogP contribution < -0.4 is 20.3 Å². The van der Waals surface area contributed by atoms with Crippen LogP contribution in [0.3, 0.4) is 0 Å². The predicted molar refractivity (Wildman–Crippen MR) is 134 cm³/mol. The highest BCUT2D eigenvalue weighted by atomic mass is 16.5. The fraction of sp³-hybridized carbons (Fsp3) is 0.333. The third kappa shape index (κ3) is 6.64. The summed E-state index contributed by atoms with van der Waals surface area (Å²) in [6, 6.07) is 21.5. The molecule has 3 aromatic rings. The first-order valence-corrected chi connectivity index (χ1v) is 11.9. The summed E-state index contributed by atoms with van der Waals surface area (Å²) < 4.78 is 10.9. The number of rotatable bonds is 9. The monoisotopic (exact) mass is 476 g/mol. The smallest absolute Gasteiger partial charge is 0.309 e. The summed E-state index contributed by atoms with van der Waals surface area (Å²) in [6.07, 6.45) is 2.31. The van der Waals surface area contributed by atoms with Gasteiger partial charge in [0, 0.05) is 45.0 Å². The number of hydrogen-bond acceptors (Lipinski definition) is 6. The number of piperazine rings is 1. The van der Waals surface area contributed by atoms with Crippen LogP contribution in [-0.4, -0.2) is 63.1 Å². The van der Waals surface area contributed by atoms with E-state index in [1.54, 1.807) is 13.4 Å². The number of nitrogens with zero attached hydrogens (tertiary/aromatic N) is 2. The van der Waals surface area contributed by atoms with E-state index < -0.39 is 11.8 Å².